The number of rotatable bonds is 3. The van der Waals surface area contributed by atoms with Gasteiger partial charge in [-0.2, -0.15) is 5.10 Å². The molecular weight excluding hydrogens is 344 g/mol. The third-order valence-corrected chi connectivity index (χ3v) is 5.74. The van der Waals surface area contributed by atoms with Crippen LogP contribution in [0.1, 0.15) is 25.1 Å². The number of carbonyl (C=O) groups is 1. The molecule has 2 aromatic heterocycles. The van der Waals surface area contributed by atoms with Crippen LogP contribution in [-0.4, -0.2) is 80.3 Å². The van der Waals surface area contributed by atoms with Crippen LogP contribution < -0.4 is 0 Å². The molecule has 0 radical (unpaired) electrons. The summed E-state index contributed by atoms with van der Waals surface area (Å²) < 4.78 is 0. The average molecular weight is 370 g/mol. The summed E-state index contributed by atoms with van der Waals surface area (Å²) in [5.41, 5.74) is 0.968. The molecule has 0 aromatic carbocycles. The molecule has 2 aliphatic heterocycles. The molecule has 2 saturated heterocycles. The second-order valence-corrected chi connectivity index (χ2v) is 7.96. The molecule has 27 heavy (non-hydrogen) atoms. The molecular formula is C19H26N6O2. The van der Waals surface area contributed by atoms with Crippen molar-refractivity contribution in [1.29, 1.82) is 0 Å². The van der Waals surface area contributed by atoms with E-state index < -0.39 is 0 Å². The van der Waals surface area contributed by atoms with Crippen molar-refractivity contribution in [2.45, 2.75) is 31.8 Å². The fraction of sp³-hybridized carbons (Fsp3) is 0.579. The molecule has 4 heterocycles. The molecule has 1 unspecified atom stereocenters. The lowest BCUT2D eigenvalue weighted by atomic mass is 9.71. The normalized spacial score (nSPS) is 22.9. The average Bonchev–Trinajstić information content (AvgIpc) is 3.10. The Morgan fingerprint density at radius 3 is 2.93 bits per heavy atom. The van der Waals surface area contributed by atoms with Gasteiger partial charge in [-0.1, -0.05) is 0 Å². The van der Waals surface area contributed by atoms with Crippen LogP contribution in [0.5, 0.6) is 0 Å². The van der Waals surface area contributed by atoms with Gasteiger partial charge in [0, 0.05) is 44.1 Å². The van der Waals surface area contributed by atoms with E-state index in [1.807, 2.05) is 17.0 Å². The molecule has 1 atom stereocenters. The summed E-state index contributed by atoms with van der Waals surface area (Å²) in [7, 11) is 2.06. The first-order valence-electron chi connectivity index (χ1n) is 9.49. The number of nitrogens with zero attached hydrogens (tertiary/aromatic N) is 5. The van der Waals surface area contributed by atoms with Crippen molar-refractivity contribution in [1.82, 2.24) is 30.0 Å². The highest BCUT2D eigenvalue weighted by molar-refractivity contribution is 5.78. The number of β-amino-alcohol motifs (C(OH)–C–C–N with tert-alkyl or cyclic N) is 1. The van der Waals surface area contributed by atoms with Crippen LogP contribution in [0.3, 0.4) is 0 Å². The first-order chi connectivity index (χ1) is 13.0. The molecule has 8 nitrogen and oxygen atoms in total. The second kappa shape index (κ2) is 7.36. The van der Waals surface area contributed by atoms with Gasteiger partial charge in [0.15, 0.2) is 5.82 Å². The maximum Gasteiger partial charge on any atom is 0.230 e. The van der Waals surface area contributed by atoms with Gasteiger partial charge in [0.2, 0.25) is 5.91 Å². The Morgan fingerprint density at radius 1 is 1.41 bits per heavy atom. The van der Waals surface area contributed by atoms with Gasteiger partial charge < -0.3 is 14.9 Å². The topological polar surface area (TPSA) is 98.2 Å². The second-order valence-electron chi connectivity index (χ2n) is 7.96. The lowest BCUT2D eigenvalue weighted by molar-refractivity contribution is -0.134. The molecule has 0 saturated carbocycles. The number of pyridine rings is 1. The number of aliphatic hydroxyl groups excluding tert-OH is 1. The smallest absolute Gasteiger partial charge is 0.230 e. The molecule has 2 aromatic rings. The minimum Gasteiger partial charge on any atom is -0.392 e. The fourth-order valence-electron chi connectivity index (χ4n) is 4.47. The summed E-state index contributed by atoms with van der Waals surface area (Å²) in [6.07, 6.45) is 6.10. The van der Waals surface area contributed by atoms with Crippen LogP contribution in [0.4, 0.5) is 0 Å². The van der Waals surface area contributed by atoms with E-state index >= 15 is 0 Å². The number of aromatic amines is 1. The molecule has 144 valence electrons. The maximum atomic E-state index is 12.7. The quantitative estimate of drug-likeness (QED) is 0.826. The number of likely N-dealkylation sites (tertiary alicyclic amines) is 2. The van der Waals surface area contributed by atoms with Gasteiger partial charge in [0.25, 0.3) is 0 Å². The van der Waals surface area contributed by atoms with Crippen LogP contribution >= 0.6 is 0 Å². The predicted octanol–water partition coefficient (Wildman–Crippen LogP) is 0.714. The lowest BCUT2D eigenvalue weighted by Gasteiger charge is -2.48. The minimum atomic E-state index is -0.258. The van der Waals surface area contributed by atoms with Gasteiger partial charge in [0.05, 0.1) is 12.5 Å². The van der Waals surface area contributed by atoms with E-state index in [1.165, 1.54) is 0 Å². The highest BCUT2D eigenvalue weighted by atomic mass is 16.3. The van der Waals surface area contributed by atoms with Crippen LogP contribution in [0.2, 0.25) is 0 Å². The Bertz CT molecular complexity index is 773. The molecule has 0 aliphatic carbocycles. The molecule has 2 aliphatic rings. The van der Waals surface area contributed by atoms with Crippen molar-refractivity contribution in [2.24, 2.45) is 5.41 Å². The van der Waals surface area contributed by atoms with Crippen molar-refractivity contribution in [3.05, 3.63) is 30.4 Å². The minimum absolute atomic E-state index is 0.0726. The SMILES string of the molecule is CN1CC(O)CC2(CCN(C(=O)Cc3nc(-c4cccnc4)n[nH]3)CC2)C1. The van der Waals surface area contributed by atoms with Crippen molar-refractivity contribution in [3.8, 4) is 11.4 Å². The lowest BCUT2D eigenvalue weighted by Crippen LogP contribution is -2.53. The number of hydrogen-bond acceptors (Lipinski definition) is 6. The number of H-pyrrole nitrogens is 1. The van der Waals surface area contributed by atoms with Crippen LogP contribution in [0, 0.1) is 5.41 Å². The number of amides is 1. The predicted molar refractivity (Wildman–Crippen MR) is 99.7 cm³/mol. The van der Waals surface area contributed by atoms with Crippen LogP contribution in [-0.2, 0) is 11.2 Å². The first-order valence-corrected chi connectivity index (χ1v) is 9.49. The fourth-order valence-corrected chi connectivity index (χ4v) is 4.47. The van der Waals surface area contributed by atoms with Crippen molar-refractivity contribution < 1.29 is 9.90 Å². The standard InChI is InChI=1S/C19H26N6O2/c1-24-12-15(26)10-19(13-24)4-7-25(8-5-19)17(27)9-16-21-18(23-22-16)14-3-2-6-20-11-14/h2-3,6,11,15,26H,4-5,7-10,12-13H2,1H3,(H,21,22,23). The molecule has 0 bridgehead atoms. The summed E-state index contributed by atoms with van der Waals surface area (Å²) in [5.74, 6) is 1.21. The number of carbonyl (C=O) groups excluding carboxylic acids is 1. The molecule has 1 amide bonds. The number of piperidine rings is 2. The Hall–Kier alpha value is -2.32. The van der Waals surface area contributed by atoms with Crippen LogP contribution in [0.15, 0.2) is 24.5 Å². The monoisotopic (exact) mass is 370 g/mol. The van der Waals surface area contributed by atoms with Crippen molar-refractivity contribution in [3.63, 3.8) is 0 Å². The summed E-state index contributed by atoms with van der Waals surface area (Å²) >= 11 is 0. The zero-order valence-corrected chi connectivity index (χ0v) is 15.6. The first kappa shape index (κ1) is 18.1. The Labute approximate surface area is 158 Å². The number of likely N-dealkylation sites (N-methyl/N-ethyl adjacent to an activating group) is 1. The van der Waals surface area contributed by atoms with Crippen LogP contribution in [0.25, 0.3) is 11.4 Å². The number of aliphatic hydroxyl groups is 1. The van der Waals surface area contributed by atoms with E-state index in [0.717, 1.165) is 51.0 Å². The zero-order chi connectivity index (χ0) is 18.9. The van der Waals surface area contributed by atoms with Gasteiger partial charge in [-0.05, 0) is 43.9 Å². The third-order valence-electron chi connectivity index (χ3n) is 5.74. The summed E-state index contributed by atoms with van der Waals surface area (Å²) in [4.78, 5) is 25.3. The number of hydrogen-bond donors (Lipinski definition) is 2. The molecule has 2 N–H and O–H groups in total. The van der Waals surface area contributed by atoms with E-state index in [0.29, 0.717) is 11.6 Å². The molecule has 4 rings (SSSR count). The zero-order valence-electron chi connectivity index (χ0n) is 15.6. The van der Waals surface area contributed by atoms with Gasteiger partial charge >= 0.3 is 0 Å². The Morgan fingerprint density at radius 2 is 2.22 bits per heavy atom. The molecule has 2 fully saturated rings. The van der Waals surface area contributed by atoms with Gasteiger partial charge in [-0.3, -0.25) is 14.9 Å². The maximum absolute atomic E-state index is 12.7. The molecule has 8 heteroatoms. The van der Waals surface area contributed by atoms with Gasteiger partial charge in [0.1, 0.15) is 5.82 Å². The van der Waals surface area contributed by atoms with E-state index in [-0.39, 0.29) is 23.8 Å². The van der Waals surface area contributed by atoms with E-state index in [9.17, 15) is 9.90 Å². The Kier molecular flexibility index (Phi) is 4.92. The summed E-state index contributed by atoms with van der Waals surface area (Å²) in [6.45, 7) is 3.23. The summed E-state index contributed by atoms with van der Waals surface area (Å²) in [5, 5.41) is 17.2. The van der Waals surface area contributed by atoms with E-state index in [1.54, 1.807) is 12.4 Å². The third kappa shape index (κ3) is 4.01. The van der Waals surface area contributed by atoms with Gasteiger partial charge in [-0.25, -0.2) is 4.98 Å². The Balaban J connectivity index is 1.34. The highest BCUT2D eigenvalue weighted by Crippen LogP contribution is 2.39. The van der Waals surface area contributed by atoms with Crippen molar-refractivity contribution >= 4 is 5.91 Å². The molecule has 1 spiro atoms. The largest absolute Gasteiger partial charge is 0.392 e. The number of aromatic nitrogens is 4. The van der Waals surface area contributed by atoms with Crippen molar-refractivity contribution in [2.75, 3.05) is 33.2 Å². The number of nitrogens with one attached hydrogen (secondary N) is 1. The highest BCUT2D eigenvalue weighted by Gasteiger charge is 2.41. The van der Waals surface area contributed by atoms with E-state index in [4.69, 9.17) is 0 Å². The van der Waals surface area contributed by atoms with Gasteiger partial charge in [-0.15, -0.1) is 0 Å². The summed E-state index contributed by atoms with van der Waals surface area (Å²) in [6, 6.07) is 3.72. The van der Waals surface area contributed by atoms with E-state index in [2.05, 4.69) is 32.1 Å².